The minimum absolute atomic E-state index is 0.264. The van der Waals surface area contributed by atoms with E-state index in [1.165, 1.54) is 7.05 Å². The lowest BCUT2D eigenvalue weighted by molar-refractivity contribution is -0.132. The van der Waals surface area contributed by atoms with Gasteiger partial charge in [0, 0.05) is 30.1 Å². The van der Waals surface area contributed by atoms with Crippen LogP contribution in [-0.2, 0) is 11.3 Å². The van der Waals surface area contributed by atoms with Gasteiger partial charge in [0.2, 0.25) is 11.7 Å². The first-order valence-electron chi connectivity index (χ1n) is 14.4. The lowest BCUT2D eigenvalue weighted by Gasteiger charge is -2.23. The van der Waals surface area contributed by atoms with Crippen molar-refractivity contribution < 1.29 is 15.0 Å². The summed E-state index contributed by atoms with van der Waals surface area (Å²) in [7, 11) is 1.54. The predicted octanol–water partition coefficient (Wildman–Crippen LogP) is 4.19. The van der Waals surface area contributed by atoms with Gasteiger partial charge in [-0.2, -0.15) is 0 Å². The summed E-state index contributed by atoms with van der Waals surface area (Å²) >= 11 is 6.19. The number of amides is 1. The summed E-state index contributed by atoms with van der Waals surface area (Å²) < 4.78 is 1.75. The van der Waals surface area contributed by atoms with E-state index in [2.05, 4.69) is 39.6 Å². The molecule has 2 heterocycles. The number of benzene rings is 3. The molecule has 0 bridgehead atoms. The summed E-state index contributed by atoms with van der Waals surface area (Å²) in [6, 6.07) is 25.0. The van der Waals surface area contributed by atoms with Crippen LogP contribution in [0.25, 0.3) is 22.3 Å². The van der Waals surface area contributed by atoms with Gasteiger partial charge >= 0.3 is 0 Å². The van der Waals surface area contributed by atoms with Gasteiger partial charge in [-0.15, -0.1) is 0 Å². The van der Waals surface area contributed by atoms with Gasteiger partial charge in [0.1, 0.15) is 6.10 Å². The zero-order valence-corrected chi connectivity index (χ0v) is 24.5. The van der Waals surface area contributed by atoms with E-state index >= 15 is 0 Å². The quantitative estimate of drug-likeness (QED) is 0.214. The summed E-state index contributed by atoms with van der Waals surface area (Å²) in [5.74, 6) is 6.46. The molecule has 0 unspecified atom stereocenters. The first kappa shape index (κ1) is 28.0. The number of hydrogen-bond donors (Lipinski definition) is 4. The Morgan fingerprint density at radius 3 is 2.55 bits per heavy atom. The van der Waals surface area contributed by atoms with Gasteiger partial charge in [-0.05, 0) is 53.3 Å². The summed E-state index contributed by atoms with van der Waals surface area (Å²) in [5, 5.41) is 28.6. The molecule has 2 aliphatic rings. The van der Waals surface area contributed by atoms with Crippen LogP contribution in [0.4, 0.5) is 5.82 Å². The van der Waals surface area contributed by atoms with Crippen LogP contribution in [0.3, 0.4) is 0 Å². The van der Waals surface area contributed by atoms with Crippen LogP contribution in [0.5, 0.6) is 0 Å². The van der Waals surface area contributed by atoms with Gasteiger partial charge in [-0.1, -0.05) is 72.1 Å². The SMILES string of the molecule is CNC(=O)[C@@]12C[C@@H]1[C@@H](n1cnc3c(NCc4cccc(Cl)c4)nc(C#Cc4ccc(-c5ccccc5)cc4)nc31)[C@H](O)[C@@H]2O. The highest BCUT2D eigenvalue weighted by atomic mass is 35.5. The molecule has 44 heavy (non-hydrogen) atoms. The molecule has 0 saturated heterocycles. The highest BCUT2D eigenvalue weighted by molar-refractivity contribution is 6.30. The number of nitrogens with one attached hydrogen (secondary N) is 2. The Morgan fingerprint density at radius 1 is 1.02 bits per heavy atom. The summed E-state index contributed by atoms with van der Waals surface area (Å²) in [6.07, 6.45) is -0.317. The smallest absolute Gasteiger partial charge is 0.229 e. The highest BCUT2D eigenvalue weighted by Crippen LogP contribution is 2.67. The van der Waals surface area contributed by atoms with Gasteiger partial charge in [0.25, 0.3) is 0 Å². The number of halogens is 1. The Kier molecular flexibility index (Phi) is 7.05. The number of fused-ring (bicyclic) bond motifs is 2. The number of carbonyl (C=O) groups excluding carboxylic acids is 1. The number of aromatic nitrogens is 4. The summed E-state index contributed by atoms with van der Waals surface area (Å²) in [6.45, 7) is 0.431. The van der Waals surface area contributed by atoms with Crippen molar-refractivity contribution >= 4 is 34.5 Å². The van der Waals surface area contributed by atoms with E-state index in [0.29, 0.717) is 35.0 Å². The van der Waals surface area contributed by atoms with Crippen molar-refractivity contribution in [3.63, 3.8) is 0 Å². The maximum absolute atomic E-state index is 12.7. The van der Waals surface area contributed by atoms with Gasteiger partial charge in [0.15, 0.2) is 17.0 Å². The number of rotatable bonds is 6. The molecular weight excluding hydrogens is 576 g/mol. The number of hydrogen-bond acceptors (Lipinski definition) is 7. The molecule has 5 aromatic rings. The Morgan fingerprint density at radius 2 is 1.80 bits per heavy atom. The molecule has 3 aromatic carbocycles. The monoisotopic (exact) mass is 604 g/mol. The molecule has 220 valence electrons. The maximum atomic E-state index is 12.7. The molecule has 5 atom stereocenters. The largest absolute Gasteiger partial charge is 0.389 e. The van der Waals surface area contributed by atoms with E-state index in [1.807, 2.05) is 66.7 Å². The normalized spacial score (nSPS) is 23.5. The number of anilines is 1. The third-order valence-corrected chi connectivity index (χ3v) is 8.96. The van der Waals surface area contributed by atoms with Crippen LogP contribution in [-0.4, -0.2) is 54.9 Å². The van der Waals surface area contributed by atoms with Crippen LogP contribution in [0.15, 0.2) is 85.2 Å². The van der Waals surface area contributed by atoms with E-state index in [-0.39, 0.29) is 17.6 Å². The van der Waals surface area contributed by atoms with Crippen LogP contribution in [0, 0.1) is 23.2 Å². The van der Waals surface area contributed by atoms with Crippen LogP contribution < -0.4 is 10.6 Å². The second kappa shape index (κ2) is 11.1. The van der Waals surface area contributed by atoms with E-state index in [1.54, 1.807) is 10.9 Å². The Hall–Kier alpha value is -4.75. The van der Waals surface area contributed by atoms with Gasteiger partial charge in [-0.3, -0.25) is 4.79 Å². The van der Waals surface area contributed by atoms with Crippen molar-refractivity contribution in [3.8, 4) is 23.0 Å². The molecule has 2 saturated carbocycles. The van der Waals surface area contributed by atoms with Crippen LogP contribution in [0.2, 0.25) is 5.02 Å². The minimum Gasteiger partial charge on any atom is -0.389 e. The lowest BCUT2D eigenvalue weighted by Crippen LogP contribution is -2.41. The minimum atomic E-state index is -1.20. The third kappa shape index (κ3) is 4.77. The molecule has 2 aliphatic carbocycles. The van der Waals surface area contributed by atoms with Crippen molar-refractivity contribution in [1.29, 1.82) is 0 Å². The number of aliphatic hydroxyl groups is 2. The zero-order valence-electron chi connectivity index (χ0n) is 23.8. The Labute approximate surface area is 259 Å². The molecular formula is C34H29ClN6O3. The summed E-state index contributed by atoms with van der Waals surface area (Å²) in [4.78, 5) is 26.8. The molecule has 0 aliphatic heterocycles. The number of nitrogens with zero attached hydrogens (tertiary/aromatic N) is 4. The molecule has 9 nitrogen and oxygen atoms in total. The van der Waals surface area contributed by atoms with Crippen molar-refractivity contribution in [2.75, 3.05) is 12.4 Å². The third-order valence-electron chi connectivity index (χ3n) is 8.72. The highest BCUT2D eigenvalue weighted by Gasteiger charge is 2.75. The first-order chi connectivity index (χ1) is 21.4. The fraction of sp³-hybridized carbons (Fsp3) is 0.235. The van der Waals surface area contributed by atoms with Gasteiger partial charge < -0.3 is 25.4 Å². The topological polar surface area (TPSA) is 125 Å². The second-order valence-electron chi connectivity index (χ2n) is 11.3. The van der Waals surface area contributed by atoms with Gasteiger partial charge in [-0.25, -0.2) is 15.0 Å². The van der Waals surface area contributed by atoms with E-state index in [4.69, 9.17) is 21.6 Å². The van der Waals surface area contributed by atoms with E-state index < -0.39 is 23.7 Å². The van der Waals surface area contributed by atoms with Crippen molar-refractivity contribution in [2.24, 2.45) is 11.3 Å². The average Bonchev–Trinajstić information content (AvgIpc) is 3.59. The fourth-order valence-electron chi connectivity index (χ4n) is 6.44. The second-order valence-corrected chi connectivity index (χ2v) is 11.7. The molecule has 7 rings (SSSR count). The van der Waals surface area contributed by atoms with Crippen molar-refractivity contribution in [1.82, 2.24) is 24.8 Å². The standard InChI is InChI=1S/C34H29ClN6O3/c1-36-33(44)34-17-25(34)28(29(42)30(34)43)41-19-38-27-31(37-18-21-6-5-9-24(35)16-21)39-26(40-32(27)41)15-12-20-10-13-23(14-11-20)22-7-3-2-4-8-22/h2-11,13-14,16,19,25,28-30,42-43H,17-18H2,1H3,(H,36,44)(H,37,39,40)/t25-,28-,29+,30+,34+/m1/s1. The van der Waals surface area contributed by atoms with Gasteiger partial charge in [0.05, 0.1) is 23.9 Å². The molecule has 0 spiro atoms. The molecule has 2 fully saturated rings. The molecule has 1 amide bonds. The zero-order chi connectivity index (χ0) is 30.4. The maximum Gasteiger partial charge on any atom is 0.229 e. The lowest BCUT2D eigenvalue weighted by atomic mass is 9.98. The average molecular weight is 605 g/mol. The summed E-state index contributed by atoms with van der Waals surface area (Å²) in [5.41, 5.74) is 3.90. The van der Waals surface area contributed by atoms with Crippen LogP contribution >= 0.6 is 11.6 Å². The van der Waals surface area contributed by atoms with Crippen molar-refractivity contribution in [3.05, 3.63) is 107 Å². The predicted molar refractivity (Wildman–Crippen MR) is 168 cm³/mol. The first-order valence-corrected chi connectivity index (χ1v) is 14.8. The number of aliphatic hydroxyl groups excluding tert-OH is 2. The van der Waals surface area contributed by atoms with E-state index in [9.17, 15) is 15.0 Å². The fourth-order valence-corrected chi connectivity index (χ4v) is 6.65. The molecule has 2 aromatic heterocycles. The Bertz CT molecular complexity index is 1930. The van der Waals surface area contributed by atoms with Crippen molar-refractivity contribution in [2.45, 2.75) is 31.2 Å². The molecule has 10 heteroatoms. The Balaban J connectivity index is 1.25. The molecule has 4 N–H and O–H groups in total. The number of carbonyl (C=O) groups is 1. The number of imidazole rings is 1. The van der Waals surface area contributed by atoms with Crippen LogP contribution in [0.1, 0.15) is 29.4 Å². The van der Waals surface area contributed by atoms with E-state index in [0.717, 1.165) is 22.3 Å². The molecule has 0 radical (unpaired) electrons.